The number of ether oxygens (including phenoxy) is 1. The molecule has 0 aliphatic rings. The van der Waals surface area contributed by atoms with Crippen LogP contribution in [-0.4, -0.2) is 18.0 Å². The van der Waals surface area contributed by atoms with E-state index < -0.39 is 0 Å². The maximum Gasteiger partial charge on any atom is 0.226 e. The van der Waals surface area contributed by atoms with E-state index >= 15 is 0 Å². The van der Waals surface area contributed by atoms with Crippen LogP contribution in [0.15, 0.2) is 52.9 Å². The molecule has 3 rings (SSSR count). The molecule has 1 N–H and O–H groups in total. The third-order valence-electron chi connectivity index (χ3n) is 4.13. The summed E-state index contributed by atoms with van der Waals surface area (Å²) >= 11 is 0. The van der Waals surface area contributed by atoms with E-state index in [-0.39, 0.29) is 5.91 Å². The van der Waals surface area contributed by atoms with Crippen LogP contribution >= 0.6 is 0 Å². The van der Waals surface area contributed by atoms with E-state index in [1.54, 1.807) is 7.11 Å². The number of oxazole rings is 1. The minimum atomic E-state index is -0.0856. The fourth-order valence-corrected chi connectivity index (χ4v) is 2.73. The molecule has 0 radical (unpaired) electrons. The van der Waals surface area contributed by atoms with Gasteiger partial charge in [0.25, 0.3) is 0 Å². The van der Waals surface area contributed by atoms with Crippen LogP contribution in [0.1, 0.15) is 23.4 Å². The SMILES string of the molecule is COc1ccc(C)cc1NC(=O)CCc1nc(-c2ccccc2)oc1C. The average Bonchev–Trinajstić information content (AvgIpc) is 3.02. The van der Waals surface area contributed by atoms with E-state index in [2.05, 4.69) is 10.3 Å². The zero-order chi connectivity index (χ0) is 18.5. The molecule has 0 atom stereocenters. The first kappa shape index (κ1) is 17.7. The molecule has 0 aliphatic heterocycles. The fourth-order valence-electron chi connectivity index (χ4n) is 2.73. The van der Waals surface area contributed by atoms with Crippen LogP contribution in [0.3, 0.4) is 0 Å². The first-order chi connectivity index (χ1) is 12.6. The second-order valence-electron chi connectivity index (χ2n) is 6.14. The Morgan fingerprint density at radius 2 is 1.92 bits per heavy atom. The highest BCUT2D eigenvalue weighted by molar-refractivity contribution is 5.92. The number of benzene rings is 2. The number of rotatable bonds is 6. The molecule has 0 aliphatic carbocycles. The van der Waals surface area contributed by atoms with Crippen molar-refractivity contribution < 1.29 is 13.9 Å². The summed E-state index contributed by atoms with van der Waals surface area (Å²) in [7, 11) is 1.59. The van der Waals surface area contributed by atoms with Gasteiger partial charge in [-0.15, -0.1) is 0 Å². The molecular weight excluding hydrogens is 328 g/mol. The molecule has 3 aromatic rings. The van der Waals surface area contributed by atoms with Crippen LogP contribution in [0.2, 0.25) is 0 Å². The second-order valence-corrected chi connectivity index (χ2v) is 6.14. The van der Waals surface area contributed by atoms with E-state index in [1.165, 1.54) is 0 Å². The van der Waals surface area contributed by atoms with Gasteiger partial charge in [0.15, 0.2) is 0 Å². The molecule has 5 nitrogen and oxygen atoms in total. The largest absolute Gasteiger partial charge is 0.495 e. The predicted molar refractivity (Wildman–Crippen MR) is 101 cm³/mol. The Morgan fingerprint density at radius 1 is 1.15 bits per heavy atom. The Kier molecular flexibility index (Phi) is 5.37. The number of aryl methyl sites for hydroxylation is 3. The molecule has 1 aromatic heterocycles. The van der Waals surface area contributed by atoms with Crippen molar-refractivity contribution >= 4 is 11.6 Å². The van der Waals surface area contributed by atoms with Crippen LogP contribution in [0.5, 0.6) is 5.75 Å². The van der Waals surface area contributed by atoms with Crippen LogP contribution in [-0.2, 0) is 11.2 Å². The molecule has 0 saturated carbocycles. The fraction of sp³-hybridized carbons (Fsp3) is 0.238. The van der Waals surface area contributed by atoms with Gasteiger partial charge in [0, 0.05) is 18.4 Å². The third-order valence-corrected chi connectivity index (χ3v) is 4.13. The van der Waals surface area contributed by atoms with Crippen LogP contribution in [0, 0.1) is 13.8 Å². The lowest BCUT2D eigenvalue weighted by atomic mass is 10.2. The number of amides is 1. The molecule has 0 spiro atoms. The van der Waals surface area contributed by atoms with Crippen molar-refractivity contribution in [1.82, 2.24) is 4.98 Å². The molecule has 1 amide bonds. The maximum absolute atomic E-state index is 12.3. The van der Waals surface area contributed by atoms with Crippen molar-refractivity contribution in [3.05, 3.63) is 65.5 Å². The Hall–Kier alpha value is -3.08. The highest BCUT2D eigenvalue weighted by Crippen LogP contribution is 2.26. The number of nitrogens with one attached hydrogen (secondary N) is 1. The summed E-state index contributed by atoms with van der Waals surface area (Å²) in [6, 6.07) is 15.4. The summed E-state index contributed by atoms with van der Waals surface area (Å²) in [5.41, 5.74) is 3.46. The predicted octanol–water partition coefficient (Wildman–Crippen LogP) is 4.54. The van der Waals surface area contributed by atoms with Gasteiger partial charge < -0.3 is 14.5 Å². The number of carbonyl (C=O) groups excluding carboxylic acids is 1. The average molecular weight is 350 g/mol. The van der Waals surface area contributed by atoms with E-state index in [0.29, 0.717) is 30.2 Å². The van der Waals surface area contributed by atoms with Gasteiger partial charge in [-0.2, -0.15) is 0 Å². The summed E-state index contributed by atoms with van der Waals surface area (Å²) in [6.45, 7) is 3.84. The van der Waals surface area contributed by atoms with Crippen molar-refractivity contribution in [2.24, 2.45) is 0 Å². The van der Waals surface area contributed by atoms with Gasteiger partial charge >= 0.3 is 0 Å². The lowest BCUT2D eigenvalue weighted by molar-refractivity contribution is -0.116. The number of hydrogen-bond donors (Lipinski definition) is 1. The highest BCUT2D eigenvalue weighted by atomic mass is 16.5. The lowest BCUT2D eigenvalue weighted by Crippen LogP contribution is -2.13. The van der Waals surface area contributed by atoms with Gasteiger partial charge in [-0.3, -0.25) is 4.79 Å². The number of anilines is 1. The number of hydrogen-bond acceptors (Lipinski definition) is 4. The van der Waals surface area contributed by atoms with Crippen LogP contribution in [0.25, 0.3) is 11.5 Å². The Bertz CT molecular complexity index is 901. The Morgan fingerprint density at radius 3 is 2.65 bits per heavy atom. The molecule has 26 heavy (non-hydrogen) atoms. The van der Waals surface area contributed by atoms with Crippen LogP contribution < -0.4 is 10.1 Å². The lowest BCUT2D eigenvalue weighted by Gasteiger charge is -2.10. The smallest absolute Gasteiger partial charge is 0.226 e. The zero-order valence-electron chi connectivity index (χ0n) is 15.2. The van der Waals surface area contributed by atoms with Crippen molar-refractivity contribution in [1.29, 1.82) is 0 Å². The van der Waals surface area contributed by atoms with Gasteiger partial charge in [-0.1, -0.05) is 24.3 Å². The molecule has 0 unspecified atom stereocenters. The van der Waals surface area contributed by atoms with Crippen molar-refractivity contribution in [2.75, 3.05) is 12.4 Å². The second kappa shape index (κ2) is 7.87. The van der Waals surface area contributed by atoms with E-state index in [1.807, 2.05) is 62.4 Å². The number of carbonyl (C=O) groups is 1. The van der Waals surface area contributed by atoms with Gasteiger partial charge in [0.2, 0.25) is 11.8 Å². The summed E-state index contributed by atoms with van der Waals surface area (Å²) < 4.78 is 11.0. The Balaban J connectivity index is 1.65. The van der Waals surface area contributed by atoms with Crippen LogP contribution in [0.4, 0.5) is 5.69 Å². The first-order valence-electron chi connectivity index (χ1n) is 8.53. The summed E-state index contributed by atoms with van der Waals surface area (Å²) in [4.78, 5) is 16.9. The van der Waals surface area contributed by atoms with Crippen molar-refractivity contribution in [3.63, 3.8) is 0 Å². The third kappa shape index (κ3) is 4.11. The van der Waals surface area contributed by atoms with Crippen molar-refractivity contribution in [2.45, 2.75) is 26.7 Å². The molecule has 0 saturated heterocycles. The minimum absolute atomic E-state index is 0.0856. The number of aromatic nitrogens is 1. The highest BCUT2D eigenvalue weighted by Gasteiger charge is 2.14. The molecule has 1 heterocycles. The van der Waals surface area contributed by atoms with E-state index in [9.17, 15) is 4.79 Å². The van der Waals surface area contributed by atoms with Gasteiger partial charge in [-0.05, 0) is 43.7 Å². The topological polar surface area (TPSA) is 64.4 Å². The summed E-state index contributed by atoms with van der Waals surface area (Å²) in [5, 5.41) is 2.91. The monoisotopic (exact) mass is 350 g/mol. The summed E-state index contributed by atoms with van der Waals surface area (Å²) in [5.74, 6) is 1.88. The normalized spacial score (nSPS) is 10.6. The van der Waals surface area contributed by atoms with Gasteiger partial charge in [-0.25, -0.2) is 4.98 Å². The van der Waals surface area contributed by atoms with E-state index in [0.717, 1.165) is 22.6 Å². The molecule has 5 heteroatoms. The van der Waals surface area contributed by atoms with Gasteiger partial charge in [0.1, 0.15) is 11.5 Å². The minimum Gasteiger partial charge on any atom is -0.495 e. The quantitative estimate of drug-likeness (QED) is 0.709. The molecule has 0 fully saturated rings. The Labute approximate surface area is 153 Å². The molecule has 134 valence electrons. The first-order valence-corrected chi connectivity index (χ1v) is 8.53. The van der Waals surface area contributed by atoms with Gasteiger partial charge in [0.05, 0.1) is 18.5 Å². The number of nitrogens with zero attached hydrogens (tertiary/aromatic N) is 1. The standard InChI is InChI=1S/C21H22N2O3/c1-14-9-11-19(25-3)18(13-14)22-20(24)12-10-17-15(2)26-21(23-17)16-7-5-4-6-8-16/h4-9,11,13H,10,12H2,1-3H3,(H,22,24). The van der Waals surface area contributed by atoms with Crippen molar-refractivity contribution in [3.8, 4) is 17.2 Å². The van der Waals surface area contributed by atoms with E-state index in [4.69, 9.17) is 9.15 Å². The maximum atomic E-state index is 12.3. The molecule has 2 aromatic carbocycles. The zero-order valence-corrected chi connectivity index (χ0v) is 15.2. The molecular formula is C21H22N2O3. The number of methoxy groups -OCH3 is 1. The summed E-state index contributed by atoms with van der Waals surface area (Å²) in [6.07, 6.45) is 0.834. The molecule has 0 bridgehead atoms.